The second-order valence-electron chi connectivity index (χ2n) is 5.71. The fourth-order valence-corrected chi connectivity index (χ4v) is 4.39. The summed E-state index contributed by atoms with van der Waals surface area (Å²) in [6, 6.07) is 8.31. The van der Waals surface area contributed by atoms with Crippen LogP contribution in [0.4, 0.5) is 0 Å². The molecule has 2 aromatic rings. The molecule has 2 amide bonds. The summed E-state index contributed by atoms with van der Waals surface area (Å²) in [5.41, 5.74) is 0.773. The van der Waals surface area contributed by atoms with E-state index in [2.05, 4.69) is 5.32 Å². The normalized spacial score (nSPS) is 15.6. The van der Waals surface area contributed by atoms with E-state index in [1.54, 1.807) is 12.1 Å². The number of aromatic hydroxyl groups is 2. The van der Waals surface area contributed by atoms with Gasteiger partial charge < -0.3 is 15.5 Å². The molecular formula is C18H16N2O4S3. The summed E-state index contributed by atoms with van der Waals surface area (Å²) in [5.74, 6) is -0.967. The summed E-state index contributed by atoms with van der Waals surface area (Å²) in [5, 5.41) is 23.4. The zero-order valence-electron chi connectivity index (χ0n) is 14.0. The number of thioether (sulfide) groups is 1. The number of amides is 2. The molecule has 1 aromatic heterocycles. The van der Waals surface area contributed by atoms with E-state index in [0.29, 0.717) is 22.2 Å². The lowest BCUT2D eigenvalue weighted by Crippen LogP contribution is -2.40. The van der Waals surface area contributed by atoms with E-state index in [1.165, 1.54) is 40.1 Å². The molecule has 1 aliphatic heterocycles. The van der Waals surface area contributed by atoms with E-state index >= 15 is 0 Å². The van der Waals surface area contributed by atoms with Crippen molar-refractivity contribution in [3.05, 3.63) is 51.1 Å². The highest BCUT2D eigenvalue weighted by Crippen LogP contribution is 2.33. The van der Waals surface area contributed by atoms with Crippen LogP contribution in [0.15, 0.2) is 40.6 Å². The van der Waals surface area contributed by atoms with Crippen LogP contribution in [0.1, 0.15) is 10.4 Å². The molecule has 0 radical (unpaired) electrons. The van der Waals surface area contributed by atoms with Gasteiger partial charge in [0, 0.05) is 11.4 Å². The molecule has 0 spiro atoms. The van der Waals surface area contributed by atoms with Gasteiger partial charge in [-0.2, -0.15) is 0 Å². The number of rotatable bonds is 6. The third-order valence-electron chi connectivity index (χ3n) is 3.77. The van der Waals surface area contributed by atoms with Crippen LogP contribution in [0, 0.1) is 0 Å². The Hall–Kier alpha value is -2.36. The van der Waals surface area contributed by atoms with Crippen molar-refractivity contribution in [1.82, 2.24) is 10.2 Å². The van der Waals surface area contributed by atoms with Crippen molar-refractivity contribution in [3.63, 3.8) is 0 Å². The van der Waals surface area contributed by atoms with Gasteiger partial charge in [-0.15, -0.1) is 11.3 Å². The first-order valence-corrected chi connectivity index (χ1v) is 10.1. The number of thiocarbonyl (C=S) groups is 1. The summed E-state index contributed by atoms with van der Waals surface area (Å²) in [7, 11) is 0. The lowest BCUT2D eigenvalue weighted by Gasteiger charge is -2.14. The van der Waals surface area contributed by atoms with Crippen LogP contribution in [-0.4, -0.2) is 44.3 Å². The zero-order chi connectivity index (χ0) is 19.4. The van der Waals surface area contributed by atoms with E-state index in [1.807, 2.05) is 17.5 Å². The average molecular weight is 421 g/mol. The quantitative estimate of drug-likeness (QED) is 0.378. The summed E-state index contributed by atoms with van der Waals surface area (Å²) in [6.45, 7) is 0.205. The third-order valence-corrected chi connectivity index (χ3v) is 5.96. The summed E-state index contributed by atoms with van der Waals surface area (Å²) >= 11 is 7.94. The number of hydrogen-bond acceptors (Lipinski definition) is 7. The van der Waals surface area contributed by atoms with Crippen molar-refractivity contribution in [3.8, 4) is 11.5 Å². The Morgan fingerprint density at radius 1 is 1.26 bits per heavy atom. The second kappa shape index (κ2) is 8.55. The Labute approximate surface area is 169 Å². The van der Waals surface area contributed by atoms with Crippen molar-refractivity contribution < 1.29 is 19.8 Å². The highest BCUT2D eigenvalue weighted by molar-refractivity contribution is 8.26. The molecule has 0 bridgehead atoms. The number of carbonyl (C=O) groups excluding carboxylic acids is 2. The van der Waals surface area contributed by atoms with Crippen molar-refractivity contribution in [1.29, 1.82) is 0 Å². The molecule has 3 N–H and O–H groups in total. The molecular weight excluding hydrogens is 404 g/mol. The van der Waals surface area contributed by atoms with Crippen LogP contribution < -0.4 is 5.32 Å². The molecule has 140 valence electrons. The molecule has 0 aliphatic carbocycles. The van der Waals surface area contributed by atoms with E-state index in [-0.39, 0.29) is 29.9 Å². The summed E-state index contributed by atoms with van der Waals surface area (Å²) in [6.07, 6.45) is 2.26. The first-order valence-electron chi connectivity index (χ1n) is 8.00. The molecule has 9 heteroatoms. The molecule has 2 heterocycles. The lowest BCUT2D eigenvalue weighted by molar-refractivity contribution is -0.128. The van der Waals surface area contributed by atoms with Crippen LogP contribution in [0.25, 0.3) is 6.08 Å². The van der Waals surface area contributed by atoms with Crippen molar-refractivity contribution in [2.24, 2.45) is 0 Å². The molecule has 1 aromatic carbocycles. The number of nitrogens with one attached hydrogen (secondary N) is 1. The monoisotopic (exact) mass is 420 g/mol. The largest absolute Gasteiger partial charge is 0.504 e. The van der Waals surface area contributed by atoms with Crippen LogP contribution in [-0.2, 0) is 16.0 Å². The summed E-state index contributed by atoms with van der Waals surface area (Å²) < 4.78 is 0.362. The molecule has 0 atom stereocenters. The number of phenolic OH excluding ortho intramolecular Hbond substituents is 2. The number of benzene rings is 1. The SMILES string of the molecule is O=C(CN1C(=O)/C(=C/c2cccs2)SC1=S)NCCc1ccc(O)c(O)c1. The molecule has 0 saturated carbocycles. The maximum Gasteiger partial charge on any atom is 0.266 e. The van der Waals surface area contributed by atoms with Gasteiger partial charge in [-0.3, -0.25) is 14.5 Å². The Bertz CT molecular complexity index is 909. The minimum absolute atomic E-state index is 0.132. The van der Waals surface area contributed by atoms with Gasteiger partial charge in [-0.25, -0.2) is 0 Å². The van der Waals surface area contributed by atoms with Gasteiger partial charge in [0.25, 0.3) is 5.91 Å². The zero-order valence-corrected chi connectivity index (χ0v) is 16.5. The Morgan fingerprint density at radius 3 is 2.78 bits per heavy atom. The fraction of sp³-hybridized carbons (Fsp3) is 0.167. The standard InChI is InChI=1S/C18H16N2O4S3/c21-13-4-3-11(8-14(13)22)5-6-19-16(23)10-20-17(24)15(27-18(20)25)9-12-2-1-7-26-12/h1-4,7-9,21-22H,5-6,10H2,(H,19,23)/b15-9-. The molecule has 0 unspecified atom stereocenters. The molecule has 6 nitrogen and oxygen atoms in total. The van der Waals surface area contributed by atoms with Gasteiger partial charge in [0.2, 0.25) is 5.91 Å². The highest BCUT2D eigenvalue weighted by atomic mass is 32.2. The third kappa shape index (κ3) is 4.88. The van der Waals surface area contributed by atoms with Crippen molar-refractivity contribution >= 4 is 57.5 Å². The maximum atomic E-state index is 12.5. The number of carbonyl (C=O) groups is 2. The minimum Gasteiger partial charge on any atom is -0.504 e. The number of hydrogen-bond donors (Lipinski definition) is 3. The van der Waals surface area contributed by atoms with E-state index in [4.69, 9.17) is 12.2 Å². The molecule has 1 saturated heterocycles. The average Bonchev–Trinajstić information content (AvgIpc) is 3.22. The highest BCUT2D eigenvalue weighted by Gasteiger charge is 2.33. The Morgan fingerprint density at radius 2 is 2.07 bits per heavy atom. The number of thiophene rings is 1. The minimum atomic E-state index is -0.313. The van der Waals surface area contributed by atoms with Gasteiger partial charge in [-0.05, 0) is 41.6 Å². The molecule has 27 heavy (non-hydrogen) atoms. The van der Waals surface area contributed by atoms with Gasteiger partial charge in [0.1, 0.15) is 10.9 Å². The molecule has 1 aliphatic rings. The molecule has 1 fully saturated rings. The van der Waals surface area contributed by atoms with Crippen molar-refractivity contribution in [2.75, 3.05) is 13.1 Å². The molecule has 3 rings (SSSR count). The van der Waals surface area contributed by atoms with E-state index in [0.717, 1.165) is 10.4 Å². The lowest BCUT2D eigenvalue weighted by atomic mass is 10.1. The predicted octanol–water partition coefficient (Wildman–Crippen LogP) is 2.72. The van der Waals surface area contributed by atoms with E-state index < -0.39 is 0 Å². The maximum absolute atomic E-state index is 12.5. The topological polar surface area (TPSA) is 89.9 Å². The van der Waals surface area contributed by atoms with Gasteiger partial charge >= 0.3 is 0 Å². The first kappa shape index (κ1) is 19.4. The predicted molar refractivity (Wildman–Crippen MR) is 111 cm³/mol. The second-order valence-corrected chi connectivity index (χ2v) is 8.36. The Balaban J connectivity index is 1.52. The number of phenols is 2. The van der Waals surface area contributed by atoms with Gasteiger partial charge in [0.05, 0.1) is 4.91 Å². The smallest absolute Gasteiger partial charge is 0.266 e. The van der Waals surface area contributed by atoms with Crippen LogP contribution in [0.2, 0.25) is 0 Å². The van der Waals surface area contributed by atoms with Crippen LogP contribution in [0.5, 0.6) is 11.5 Å². The first-order chi connectivity index (χ1) is 12.9. The summed E-state index contributed by atoms with van der Waals surface area (Å²) in [4.78, 5) is 27.4. The fourth-order valence-electron chi connectivity index (χ4n) is 2.41. The number of nitrogens with zero attached hydrogens (tertiary/aromatic N) is 1. The van der Waals surface area contributed by atoms with Crippen molar-refractivity contribution in [2.45, 2.75) is 6.42 Å². The van der Waals surface area contributed by atoms with Crippen LogP contribution >= 0.6 is 35.3 Å². The Kier molecular flexibility index (Phi) is 6.15. The van der Waals surface area contributed by atoms with Crippen LogP contribution in [0.3, 0.4) is 0 Å². The van der Waals surface area contributed by atoms with Gasteiger partial charge in [-0.1, -0.05) is 36.1 Å². The van der Waals surface area contributed by atoms with Gasteiger partial charge in [0.15, 0.2) is 11.5 Å². The van der Waals surface area contributed by atoms with E-state index in [9.17, 15) is 19.8 Å².